The van der Waals surface area contributed by atoms with Crippen LogP contribution in [0.5, 0.6) is 0 Å². The largest absolute Gasteiger partial charge is 0.387 e. The van der Waals surface area contributed by atoms with Gasteiger partial charge >= 0.3 is 0 Å². The minimum Gasteiger partial charge on any atom is -0.387 e. The van der Waals surface area contributed by atoms with Gasteiger partial charge in [0, 0.05) is 13.1 Å². The van der Waals surface area contributed by atoms with E-state index in [1.54, 1.807) is 0 Å². The molecule has 0 bridgehead atoms. The fourth-order valence-electron chi connectivity index (χ4n) is 2.78. The zero-order chi connectivity index (χ0) is 12.1. The number of aliphatic hydroxyl groups excluding tert-OH is 1. The first-order chi connectivity index (χ1) is 8.25. The summed E-state index contributed by atoms with van der Waals surface area (Å²) in [6.45, 7) is 1.87. The van der Waals surface area contributed by atoms with Gasteiger partial charge in [0.1, 0.15) is 0 Å². The third-order valence-electron chi connectivity index (χ3n) is 3.71. The molecule has 0 spiro atoms. The van der Waals surface area contributed by atoms with Gasteiger partial charge in [-0.15, -0.1) is 0 Å². The summed E-state index contributed by atoms with van der Waals surface area (Å²) in [5.41, 5.74) is 1.02. The van der Waals surface area contributed by atoms with Gasteiger partial charge in [0.15, 0.2) is 0 Å². The fraction of sp³-hybridized carbons (Fsp3) is 0.600. The van der Waals surface area contributed by atoms with Crippen LogP contribution in [0.2, 0.25) is 0 Å². The number of aliphatic hydroxyl groups is 1. The van der Waals surface area contributed by atoms with Crippen LogP contribution in [0, 0.1) is 5.92 Å². The molecule has 1 aliphatic carbocycles. The Hall–Kier alpha value is -0.860. The van der Waals surface area contributed by atoms with Crippen LogP contribution < -0.4 is 0 Å². The first-order valence-electron chi connectivity index (χ1n) is 6.67. The lowest BCUT2D eigenvalue weighted by molar-refractivity contribution is 0.118. The van der Waals surface area contributed by atoms with Gasteiger partial charge in [-0.3, -0.25) is 0 Å². The topological polar surface area (TPSA) is 23.5 Å². The molecule has 0 heterocycles. The van der Waals surface area contributed by atoms with Crippen molar-refractivity contribution in [1.29, 1.82) is 0 Å². The van der Waals surface area contributed by atoms with E-state index in [1.807, 2.05) is 30.3 Å². The van der Waals surface area contributed by atoms with Gasteiger partial charge < -0.3 is 10.0 Å². The maximum atomic E-state index is 10.1. The van der Waals surface area contributed by atoms with Gasteiger partial charge in [-0.1, -0.05) is 43.2 Å². The quantitative estimate of drug-likeness (QED) is 0.845. The van der Waals surface area contributed by atoms with Gasteiger partial charge in [0.25, 0.3) is 0 Å². The van der Waals surface area contributed by atoms with Crippen molar-refractivity contribution in [2.75, 3.05) is 20.1 Å². The first-order valence-corrected chi connectivity index (χ1v) is 6.67. The Morgan fingerprint density at radius 2 is 1.88 bits per heavy atom. The number of benzene rings is 1. The molecule has 2 rings (SSSR count). The van der Waals surface area contributed by atoms with Crippen molar-refractivity contribution in [3.8, 4) is 0 Å². The molecular formula is C15H23NO. The Kier molecular flexibility index (Phi) is 4.57. The Bertz CT molecular complexity index is 319. The van der Waals surface area contributed by atoms with E-state index in [9.17, 15) is 5.11 Å². The molecular weight excluding hydrogens is 210 g/mol. The zero-order valence-corrected chi connectivity index (χ0v) is 10.7. The maximum absolute atomic E-state index is 10.1. The highest BCUT2D eigenvalue weighted by atomic mass is 16.3. The molecule has 0 aromatic heterocycles. The first kappa shape index (κ1) is 12.6. The van der Waals surface area contributed by atoms with Crippen LogP contribution in [0.3, 0.4) is 0 Å². The van der Waals surface area contributed by atoms with E-state index < -0.39 is 0 Å². The minimum absolute atomic E-state index is 0.359. The molecule has 0 radical (unpaired) electrons. The van der Waals surface area contributed by atoms with E-state index in [4.69, 9.17) is 0 Å². The van der Waals surface area contributed by atoms with E-state index in [0.29, 0.717) is 0 Å². The lowest BCUT2D eigenvalue weighted by Gasteiger charge is -2.23. The molecule has 1 unspecified atom stereocenters. The molecule has 2 heteroatoms. The standard InChI is InChI=1S/C15H23NO/c1-16(11-13-7-5-6-8-13)12-15(17)14-9-3-2-4-10-14/h2-4,9-10,13,15,17H,5-8,11-12H2,1H3. The summed E-state index contributed by atoms with van der Waals surface area (Å²) in [4.78, 5) is 2.27. The summed E-state index contributed by atoms with van der Waals surface area (Å²) in [7, 11) is 2.12. The molecule has 1 N–H and O–H groups in total. The van der Waals surface area contributed by atoms with Crippen LogP contribution in [0.1, 0.15) is 37.4 Å². The van der Waals surface area contributed by atoms with Crippen LogP contribution in [-0.2, 0) is 0 Å². The average molecular weight is 233 g/mol. The summed E-state index contributed by atoms with van der Waals surface area (Å²) >= 11 is 0. The third-order valence-corrected chi connectivity index (χ3v) is 3.71. The maximum Gasteiger partial charge on any atom is 0.0916 e. The van der Waals surface area contributed by atoms with Crippen molar-refractivity contribution in [2.24, 2.45) is 5.92 Å². The molecule has 0 amide bonds. The normalized spacial score (nSPS) is 18.8. The number of nitrogens with zero attached hydrogens (tertiary/aromatic N) is 1. The Labute approximate surface area is 104 Å². The Balaban J connectivity index is 1.79. The van der Waals surface area contributed by atoms with Crippen molar-refractivity contribution >= 4 is 0 Å². The van der Waals surface area contributed by atoms with E-state index in [0.717, 1.165) is 24.6 Å². The molecule has 1 aromatic carbocycles. The van der Waals surface area contributed by atoms with Crippen molar-refractivity contribution < 1.29 is 5.11 Å². The van der Waals surface area contributed by atoms with Gasteiger partial charge in [-0.05, 0) is 31.4 Å². The highest BCUT2D eigenvalue weighted by Crippen LogP contribution is 2.25. The zero-order valence-electron chi connectivity index (χ0n) is 10.7. The van der Waals surface area contributed by atoms with Gasteiger partial charge in [-0.2, -0.15) is 0 Å². The van der Waals surface area contributed by atoms with Gasteiger partial charge in [-0.25, -0.2) is 0 Å². The van der Waals surface area contributed by atoms with Crippen LogP contribution in [0.15, 0.2) is 30.3 Å². The second-order valence-corrected chi connectivity index (χ2v) is 5.30. The predicted molar refractivity (Wildman–Crippen MR) is 70.9 cm³/mol. The highest BCUT2D eigenvalue weighted by molar-refractivity contribution is 5.17. The number of rotatable bonds is 5. The Morgan fingerprint density at radius 3 is 2.53 bits per heavy atom. The van der Waals surface area contributed by atoms with E-state index in [-0.39, 0.29) is 6.10 Å². The van der Waals surface area contributed by atoms with Crippen LogP contribution >= 0.6 is 0 Å². The van der Waals surface area contributed by atoms with Crippen molar-refractivity contribution in [3.05, 3.63) is 35.9 Å². The van der Waals surface area contributed by atoms with E-state index in [2.05, 4.69) is 11.9 Å². The van der Waals surface area contributed by atoms with Gasteiger partial charge in [0.2, 0.25) is 0 Å². The summed E-state index contributed by atoms with van der Waals surface area (Å²) in [6.07, 6.45) is 5.15. The number of likely N-dealkylation sites (N-methyl/N-ethyl adjacent to an activating group) is 1. The predicted octanol–water partition coefficient (Wildman–Crippen LogP) is 2.84. The summed E-state index contributed by atoms with van der Waals surface area (Å²) in [5.74, 6) is 0.850. The third kappa shape index (κ3) is 3.83. The smallest absolute Gasteiger partial charge is 0.0916 e. The van der Waals surface area contributed by atoms with E-state index in [1.165, 1.54) is 25.7 Å². The number of hydrogen-bond donors (Lipinski definition) is 1. The lowest BCUT2D eigenvalue weighted by atomic mass is 10.1. The fourth-order valence-corrected chi connectivity index (χ4v) is 2.78. The average Bonchev–Trinajstić information content (AvgIpc) is 2.82. The second-order valence-electron chi connectivity index (χ2n) is 5.30. The molecule has 1 saturated carbocycles. The summed E-state index contributed by atoms with van der Waals surface area (Å²) in [5, 5.41) is 10.1. The molecule has 1 atom stereocenters. The monoisotopic (exact) mass is 233 g/mol. The van der Waals surface area contributed by atoms with Crippen molar-refractivity contribution in [3.63, 3.8) is 0 Å². The SMILES string of the molecule is CN(CC1CCCC1)CC(O)c1ccccc1. The molecule has 0 aliphatic heterocycles. The Morgan fingerprint density at radius 1 is 1.24 bits per heavy atom. The molecule has 17 heavy (non-hydrogen) atoms. The summed E-state index contributed by atoms with van der Waals surface area (Å²) < 4.78 is 0. The van der Waals surface area contributed by atoms with Gasteiger partial charge in [0.05, 0.1) is 6.10 Å². The lowest BCUT2D eigenvalue weighted by Crippen LogP contribution is -2.29. The van der Waals surface area contributed by atoms with Crippen LogP contribution in [-0.4, -0.2) is 30.1 Å². The highest BCUT2D eigenvalue weighted by Gasteiger charge is 2.18. The molecule has 1 aromatic rings. The summed E-state index contributed by atoms with van der Waals surface area (Å²) in [6, 6.07) is 9.94. The number of hydrogen-bond acceptors (Lipinski definition) is 2. The van der Waals surface area contributed by atoms with Crippen molar-refractivity contribution in [2.45, 2.75) is 31.8 Å². The van der Waals surface area contributed by atoms with Crippen LogP contribution in [0.4, 0.5) is 0 Å². The molecule has 2 nitrogen and oxygen atoms in total. The molecule has 1 fully saturated rings. The van der Waals surface area contributed by atoms with Crippen LogP contribution in [0.25, 0.3) is 0 Å². The molecule has 94 valence electrons. The second kappa shape index (κ2) is 6.18. The molecule has 1 aliphatic rings. The minimum atomic E-state index is -0.359. The van der Waals surface area contributed by atoms with E-state index >= 15 is 0 Å². The van der Waals surface area contributed by atoms with Crippen molar-refractivity contribution in [1.82, 2.24) is 4.90 Å². The molecule has 0 saturated heterocycles.